The quantitative estimate of drug-likeness (QED) is 0.754. The zero-order chi connectivity index (χ0) is 21.0. The van der Waals surface area contributed by atoms with Crippen LogP contribution in [-0.4, -0.2) is 83.6 Å². The second-order valence-electron chi connectivity index (χ2n) is 8.22. The number of aliphatic hydroxyl groups is 1. The molecule has 2 saturated heterocycles. The number of carbonyl (C=O) groups excluding carboxylic acids is 1. The zero-order valence-corrected chi connectivity index (χ0v) is 18.3. The Morgan fingerprint density at radius 1 is 1.13 bits per heavy atom. The number of benzene rings is 1. The second-order valence-corrected chi connectivity index (χ2v) is 9.16. The molecule has 2 aliphatic rings. The van der Waals surface area contributed by atoms with Crippen LogP contribution in [0.5, 0.6) is 5.75 Å². The van der Waals surface area contributed by atoms with Gasteiger partial charge in [-0.05, 0) is 32.0 Å². The van der Waals surface area contributed by atoms with Gasteiger partial charge in [-0.2, -0.15) is 0 Å². The minimum atomic E-state index is -0.950. The minimum absolute atomic E-state index is 0.0221. The molecule has 1 amide bonds. The van der Waals surface area contributed by atoms with Crippen LogP contribution in [0.4, 0.5) is 0 Å². The average molecular weight is 431 g/mol. The van der Waals surface area contributed by atoms with Gasteiger partial charge in [0.25, 0.3) is 5.91 Å². The lowest BCUT2D eigenvalue weighted by atomic mass is 9.89. The van der Waals surface area contributed by atoms with Gasteiger partial charge in [0, 0.05) is 44.6 Å². The van der Waals surface area contributed by atoms with E-state index in [1.807, 2.05) is 35.7 Å². The summed E-state index contributed by atoms with van der Waals surface area (Å²) in [5.41, 5.74) is -0.197. The van der Waals surface area contributed by atoms with Crippen molar-refractivity contribution >= 4 is 17.2 Å². The summed E-state index contributed by atoms with van der Waals surface area (Å²) in [4.78, 5) is 23.7. The van der Waals surface area contributed by atoms with Gasteiger partial charge in [0.15, 0.2) is 6.61 Å². The molecule has 30 heavy (non-hydrogen) atoms. The molecule has 1 N–H and O–H groups in total. The third-order valence-electron chi connectivity index (χ3n) is 6.03. The van der Waals surface area contributed by atoms with Crippen LogP contribution in [0.1, 0.15) is 23.5 Å². The molecule has 162 valence electrons. The van der Waals surface area contributed by atoms with E-state index in [1.54, 1.807) is 16.2 Å². The fraction of sp³-hybridized carbons (Fsp3) is 0.545. The molecule has 0 aliphatic carbocycles. The predicted octanol–water partition coefficient (Wildman–Crippen LogP) is 1.78. The van der Waals surface area contributed by atoms with E-state index in [-0.39, 0.29) is 12.5 Å². The third kappa shape index (κ3) is 5.18. The third-order valence-corrected chi connectivity index (χ3v) is 6.87. The standard InChI is InChI=1S/C22H30N4O3S/c1-24-11-13-25(14-12-24)15-20-23-19(17-30-20)22(28)7-9-26(10-8-22)21(27)16-29-18-5-3-2-4-6-18/h2-6,17,28H,7-16H2,1H3. The number of para-hydroxylation sites is 1. The van der Waals surface area contributed by atoms with Crippen LogP contribution in [0.25, 0.3) is 0 Å². The van der Waals surface area contributed by atoms with Crippen molar-refractivity contribution in [3.8, 4) is 5.75 Å². The molecule has 2 aromatic rings. The highest BCUT2D eigenvalue weighted by molar-refractivity contribution is 7.09. The SMILES string of the molecule is CN1CCN(Cc2nc(C3(O)CCN(C(=O)COc4ccccc4)CC3)cs2)CC1. The number of hydrogen-bond acceptors (Lipinski definition) is 7. The first-order valence-corrected chi connectivity index (χ1v) is 11.4. The minimum Gasteiger partial charge on any atom is -0.484 e. The number of hydrogen-bond donors (Lipinski definition) is 1. The number of likely N-dealkylation sites (N-methyl/N-ethyl adjacent to an activating group) is 1. The molecule has 0 saturated carbocycles. The van der Waals surface area contributed by atoms with Gasteiger partial charge < -0.3 is 19.6 Å². The summed E-state index contributed by atoms with van der Waals surface area (Å²) < 4.78 is 5.57. The Labute approximate surface area is 181 Å². The van der Waals surface area contributed by atoms with Crippen molar-refractivity contribution in [3.63, 3.8) is 0 Å². The number of piperazine rings is 1. The topological polar surface area (TPSA) is 69.1 Å². The highest BCUT2D eigenvalue weighted by atomic mass is 32.1. The van der Waals surface area contributed by atoms with E-state index in [1.165, 1.54) is 0 Å². The summed E-state index contributed by atoms with van der Waals surface area (Å²) in [7, 11) is 2.15. The summed E-state index contributed by atoms with van der Waals surface area (Å²) in [6, 6.07) is 9.35. The van der Waals surface area contributed by atoms with Crippen LogP contribution in [0, 0.1) is 0 Å². The summed E-state index contributed by atoms with van der Waals surface area (Å²) >= 11 is 1.62. The highest BCUT2D eigenvalue weighted by Gasteiger charge is 2.37. The Morgan fingerprint density at radius 2 is 1.83 bits per heavy atom. The van der Waals surface area contributed by atoms with Crippen molar-refractivity contribution in [1.29, 1.82) is 0 Å². The van der Waals surface area contributed by atoms with Crippen molar-refractivity contribution in [2.75, 3.05) is 52.9 Å². The maximum absolute atomic E-state index is 12.5. The fourth-order valence-electron chi connectivity index (χ4n) is 3.93. The van der Waals surface area contributed by atoms with Gasteiger partial charge in [-0.3, -0.25) is 9.69 Å². The number of rotatable bonds is 6. The number of amides is 1. The normalized spacial score (nSPS) is 20.3. The number of likely N-dealkylation sites (tertiary alicyclic amines) is 1. The van der Waals surface area contributed by atoms with Gasteiger partial charge in [-0.1, -0.05) is 18.2 Å². The number of aromatic nitrogens is 1. The van der Waals surface area contributed by atoms with Gasteiger partial charge in [0.2, 0.25) is 0 Å². The number of carbonyl (C=O) groups is 1. The van der Waals surface area contributed by atoms with E-state index in [4.69, 9.17) is 9.72 Å². The number of nitrogens with zero attached hydrogens (tertiary/aromatic N) is 4. The van der Waals surface area contributed by atoms with Crippen LogP contribution in [-0.2, 0) is 16.9 Å². The molecule has 8 heteroatoms. The predicted molar refractivity (Wildman–Crippen MR) is 117 cm³/mol. The molecule has 0 bridgehead atoms. The lowest BCUT2D eigenvalue weighted by Crippen LogP contribution is -2.46. The smallest absolute Gasteiger partial charge is 0.260 e. The fourth-order valence-corrected chi connectivity index (χ4v) is 4.86. The molecule has 7 nitrogen and oxygen atoms in total. The van der Waals surface area contributed by atoms with Crippen LogP contribution < -0.4 is 4.74 Å². The van der Waals surface area contributed by atoms with Gasteiger partial charge in [-0.25, -0.2) is 4.98 Å². The van der Waals surface area contributed by atoms with E-state index in [0.717, 1.165) is 43.4 Å². The van der Waals surface area contributed by atoms with Gasteiger partial charge in [0.05, 0.1) is 12.2 Å². The Bertz CT molecular complexity index is 828. The Kier molecular flexibility index (Phi) is 6.67. The Hall–Kier alpha value is -2.00. The molecule has 0 atom stereocenters. The molecular weight excluding hydrogens is 400 g/mol. The maximum Gasteiger partial charge on any atom is 0.260 e. The first kappa shape index (κ1) is 21.2. The van der Waals surface area contributed by atoms with Crippen LogP contribution in [0.2, 0.25) is 0 Å². The summed E-state index contributed by atoms with van der Waals surface area (Å²) in [5.74, 6) is 0.643. The van der Waals surface area contributed by atoms with Gasteiger partial charge >= 0.3 is 0 Å². The van der Waals surface area contributed by atoms with E-state index >= 15 is 0 Å². The zero-order valence-electron chi connectivity index (χ0n) is 17.5. The molecule has 4 rings (SSSR count). The highest BCUT2D eigenvalue weighted by Crippen LogP contribution is 2.33. The molecular formula is C22H30N4O3S. The molecule has 0 spiro atoms. The first-order valence-electron chi connectivity index (χ1n) is 10.6. The van der Waals surface area contributed by atoms with Crippen molar-refractivity contribution in [3.05, 3.63) is 46.4 Å². The van der Waals surface area contributed by atoms with Gasteiger partial charge in [0.1, 0.15) is 16.4 Å². The molecule has 3 heterocycles. The van der Waals surface area contributed by atoms with E-state index in [2.05, 4.69) is 16.8 Å². The Balaban J connectivity index is 1.27. The summed E-state index contributed by atoms with van der Waals surface area (Å²) in [6.07, 6.45) is 1.00. The summed E-state index contributed by atoms with van der Waals surface area (Å²) in [6.45, 7) is 6.16. The first-order chi connectivity index (χ1) is 14.5. The van der Waals surface area contributed by atoms with Gasteiger partial charge in [-0.15, -0.1) is 11.3 Å². The molecule has 0 unspecified atom stereocenters. The summed E-state index contributed by atoms with van der Waals surface area (Å²) in [5, 5.41) is 14.2. The van der Waals surface area contributed by atoms with Crippen molar-refractivity contribution in [2.45, 2.75) is 25.0 Å². The largest absolute Gasteiger partial charge is 0.484 e. The molecule has 0 radical (unpaired) electrons. The molecule has 1 aromatic heterocycles. The Morgan fingerprint density at radius 3 is 2.53 bits per heavy atom. The van der Waals surface area contributed by atoms with Crippen LogP contribution in [0.15, 0.2) is 35.7 Å². The van der Waals surface area contributed by atoms with E-state index in [9.17, 15) is 9.90 Å². The lowest BCUT2D eigenvalue weighted by Gasteiger charge is -2.37. The van der Waals surface area contributed by atoms with Crippen LogP contribution in [0.3, 0.4) is 0 Å². The number of ether oxygens (including phenoxy) is 1. The van der Waals surface area contributed by atoms with E-state index in [0.29, 0.717) is 31.7 Å². The molecule has 2 fully saturated rings. The number of thiazole rings is 1. The lowest BCUT2D eigenvalue weighted by molar-refractivity contribution is -0.138. The maximum atomic E-state index is 12.5. The monoisotopic (exact) mass is 430 g/mol. The second kappa shape index (κ2) is 9.43. The van der Waals surface area contributed by atoms with E-state index < -0.39 is 5.60 Å². The average Bonchev–Trinajstić information content (AvgIpc) is 3.24. The van der Waals surface area contributed by atoms with Crippen molar-refractivity contribution < 1.29 is 14.6 Å². The van der Waals surface area contributed by atoms with Crippen molar-refractivity contribution in [1.82, 2.24) is 19.7 Å². The molecule has 1 aromatic carbocycles. The number of piperidine rings is 1. The molecule has 2 aliphatic heterocycles. The van der Waals surface area contributed by atoms with Crippen LogP contribution >= 0.6 is 11.3 Å². The van der Waals surface area contributed by atoms with Crippen molar-refractivity contribution in [2.24, 2.45) is 0 Å².